The molecule has 3 fully saturated rings. The number of esters is 1. The standard InChI is InChI=1S/C24H32N2O4/c1-16-5-3-7-24(2)14-21-17(13-19(16)24)18(23(28)30-21)15-25-8-10-26(11-9-25)22(27)20-6-4-12-29-20/h4,6,12,17-18,21H,3,5,7-11,13-15H2,1-2H3/p+1. The zero-order valence-corrected chi connectivity index (χ0v) is 18.1. The van der Waals surface area contributed by atoms with Crippen molar-refractivity contribution in [2.45, 2.75) is 52.1 Å². The highest BCUT2D eigenvalue weighted by atomic mass is 16.6. The molecule has 1 amide bonds. The van der Waals surface area contributed by atoms with Gasteiger partial charge in [0.2, 0.25) is 0 Å². The lowest BCUT2D eigenvalue weighted by Gasteiger charge is -2.45. The number of amides is 1. The minimum atomic E-state index is -0.0364. The van der Waals surface area contributed by atoms with Crippen LogP contribution in [0.3, 0.4) is 0 Å². The van der Waals surface area contributed by atoms with Gasteiger partial charge in [-0.15, -0.1) is 0 Å². The lowest BCUT2D eigenvalue weighted by atomic mass is 9.59. The normalized spacial score (nSPS) is 34.5. The third kappa shape index (κ3) is 3.39. The number of nitrogens with one attached hydrogen (secondary N) is 1. The molecule has 3 heterocycles. The first-order valence-electron chi connectivity index (χ1n) is 11.5. The van der Waals surface area contributed by atoms with E-state index in [0.717, 1.165) is 32.5 Å². The van der Waals surface area contributed by atoms with E-state index in [0.29, 0.717) is 24.8 Å². The summed E-state index contributed by atoms with van der Waals surface area (Å²) in [5.74, 6) is 0.688. The van der Waals surface area contributed by atoms with Crippen molar-refractivity contribution in [1.29, 1.82) is 0 Å². The molecule has 1 N–H and O–H groups in total. The Kier molecular flexibility index (Phi) is 5.00. The molecule has 0 radical (unpaired) electrons. The summed E-state index contributed by atoms with van der Waals surface area (Å²) in [6.45, 7) is 8.63. The van der Waals surface area contributed by atoms with Gasteiger partial charge in [-0.05, 0) is 56.6 Å². The van der Waals surface area contributed by atoms with Crippen LogP contribution in [0.4, 0.5) is 0 Å². The van der Waals surface area contributed by atoms with E-state index in [1.54, 1.807) is 23.3 Å². The highest BCUT2D eigenvalue weighted by molar-refractivity contribution is 5.91. The third-order valence-corrected chi connectivity index (χ3v) is 8.18. The maximum atomic E-state index is 12.8. The van der Waals surface area contributed by atoms with Crippen molar-refractivity contribution >= 4 is 11.9 Å². The molecular weight excluding hydrogens is 380 g/mol. The van der Waals surface area contributed by atoms with E-state index in [-0.39, 0.29) is 29.3 Å². The molecule has 0 aromatic carbocycles. The number of piperazine rings is 1. The van der Waals surface area contributed by atoms with Crippen molar-refractivity contribution in [3.05, 3.63) is 35.3 Å². The number of fused-ring (bicyclic) bond motifs is 2. The molecule has 30 heavy (non-hydrogen) atoms. The van der Waals surface area contributed by atoms with Gasteiger partial charge in [-0.2, -0.15) is 0 Å². The number of hydrogen-bond acceptors (Lipinski definition) is 4. The number of ether oxygens (including phenoxy) is 1. The van der Waals surface area contributed by atoms with E-state index in [4.69, 9.17) is 9.15 Å². The highest BCUT2D eigenvalue weighted by Gasteiger charge is 2.54. The van der Waals surface area contributed by atoms with Gasteiger partial charge in [-0.1, -0.05) is 18.1 Å². The maximum Gasteiger partial charge on any atom is 0.315 e. The smallest absolute Gasteiger partial charge is 0.315 e. The summed E-state index contributed by atoms with van der Waals surface area (Å²) >= 11 is 0. The zero-order chi connectivity index (χ0) is 20.9. The molecule has 162 valence electrons. The lowest BCUT2D eigenvalue weighted by Crippen LogP contribution is -3.15. The largest absolute Gasteiger partial charge is 0.462 e. The Morgan fingerprint density at radius 3 is 2.87 bits per heavy atom. The predicted octanol–water partition coefficient (Wildman–Crippen LogP) is 2.08. The van der Waals surface area contributed by atoms with Gasteiger partial charge in [0.15, 0.2) is 5.76 Å². The Labute approximate surface area is 178 Å². The second kappa shape index (κ2) is 7.56. The van der Waals surface area contributed by atoms with E-state index in [9.17, 15) is 9.59 Å². The van der Waals surface area contributed by atoms with Gasteiger partial charge in [-0.25, -0.2) is 0 Å². The van der Waals surface area contributed by atoms with Crippen molar-refractivity contribution in [3.63, 3.8) is 0 Å². The molecule has 1 saturated carbocycles. The number of furan rings is 1. The fraction of sp³-hybridized carbons (Fsp3) is 0.667. The molecule has 4 aliphatic rings. The number of rotatable bonds is 3. The van der Waals surface area contributed by atoms with Crippen LogP contribution >= 0.6 is 0 Å². The van der Waals surface area contributed by atoms with Crippen molar-refractivity contribution in [1.82, 2.24) is 4.90 Å². The molecule has 4 unspecified atom stereocenters. The van der Waals surface area contributed by atoms with Gasteiger partial charge >= 0.3 is 5.97 Å². The average molecular weight is 414 g/mol. The van der Waals surface area contributed by atoms with Gasteiger partial charge in [-0.3, -0.25) is 9.59 Å². The Morgan fingerprint density at radius 1 is 1.33 bits per heavy atom. The first-order valence-corrected chi connectivity index (χ1v) is 11.5. The quantitative estimate of drug-likeness (QED) is 0.609. The minimum absolute atomic E-state index is 0.00657. The van der Waals surface area contributed by atoms with Crippen molar-refractivity contribution < 1.29 is 23.6 Å². The molecule has 1 aromatic heterocycles. The number of carbonyl (C=O) groups excluding carboxylic acids is 2. The third-order valence-electron chi connectivity index (χ3n) is 8.18. The summed E-state index contributed by atoms with van der Waals surface area (Å²) in [6.07, 6.45) is 7.33. The topological polar surface area (TPSA) is 64.2 Å². The Hall–Kier alpha value is -2.08. The fourth-order valence-electron chi connectivity index (χ4n) is 6.44. The van der Waals surface area contributed by atoms with Crippen LogP contribution in [0.25, 0.3) is 0 Å². The minimum Gasteiger partial charge on any atom is -0.462 e. The Bertz CT molecular complexity index is 853. The monoisotopic (exact) mass is 413 g/mol. The Morgan fingerprint density at radius 2 is 2.13 bits per heavy atom. The second-order valence-electron chi connectivity index (χ2n) is 10.1. The highest BCUT2D eigenvalue weighted by Crippen LogP contribution is 2.54. The van der Waals surface area contributed by atoms with Crippen LogP contribution in [-0.2, 0) is 9.53 Å². The Balaban J connectivity index is 1.23. The molecule has 4 atom stereocenters. The fourth-order valence-corrected chi connectivity index (χ4v) is 6.44. The molecule has 6 heteroatoms. The van der Waals surface area contributed by atoms with Gasteiger partial charge in [0.25, 0.3) is 5.91 Å². The first kappa shape index (κ1) is 19.9. The van der Waals surface area contributed by atoms with E-state index < -0.39 is 0 Å². The van der Waals surface area contributed by atoms with Crippen molar-refractivity contribution in [2.24, 2.45) is 17.3 Å². The number of allylic oxidation sites excluding steroid dienone is 2. The molecule has 2 saturated heterocycles. The number of hydrogen-bond donors (Lipinski definition) is 1. The summed E-state index contributed by atoms with van der Waals surface area (Å²) in [6, 6.07) is 3.46. The second-order valence-corrected chi connectivity index (χ2v) is 10.1. The molecule has 1 aromatic rings. The molecule has 0 bridgehead atoms. The van der Waals surface area contributed by atoms with Crippen molar-refractivity contribution in [2.75, 3.05) is 32.7 Å². The molecule has 0 spiro atoms. The van der Waals surface area contributed by atoms with Crippen LogP contribution in [0.2, 0.25) is 0 Å². The zero-order valence-electron chi connectivity index (χ0n) is 18.1. The molecule has 2 aliphatic heterocycles. The number of nitrogens with zero attached hydrogens (tertiary/aromatic N) is 1. The lowest BCUT2D eigenvalue weighted by molar-refractivity contribution is -0.906. The molecule has 6 nitrogen and oxygen atoms in total. The predicted molar refractivity (Wildman–Crippen MR) is 111 cm³/mol. The van der Waals surface area contributed by atoms with E-state index in [1.165, 1.54) is 30.4 Å². The van der Waals surface area contributed by atoms with Gasteiger partial charge in [0.05, 0.1) is 39.0 Å². The maximum absolute atomic E-state index is 12.8. The van der Waals surface area contributed by atoms with Crippen LogP contribution < -0.4 is 4.90 Å². The summed E-state index contributed by atoms with van der Waals surface area (Å²) in [5.41, 5.74) is 3.39. The summed E-state index contributed by atoms with van der Waals surface area (Å²) in [4.78, 5) is 28.6. The SMILES string of the molecule is CC1=C2CC3C(CC2(C)CCC1)OC(=O)C3C[NH+]1CCN(C(=O)c2ccco2)CC1. The van der Waals surface area contributed by atoms with Crippen LogP contribution in [0.1, 0.15) is 56.5 Å². The van der Waals surface area contributed by atoms with Gasteiger partial charge in [0.1, 0.15) is 12.0 Å². The summed E-state index contributed by atoms with van der Waals surface area (Å²) in [5, 5.41) is 0. The van der Waals surface area contributed by atoms with E-state index in [1.807, 2.05) is 4.90 Å². The van der Waals surface area contributed by atoms with Gasteiger partial charge < -0.3 is 19.0 Å². The van der Waals surface area contributed by atoms with Crippen LogP contribution in [-0.4, -0.2) is 55.6 Å². The van der Waals surface area contributed by atoms with Crippen molar-refractivity contribution in [3.8, 4) is 0 Å². The van der Waals surface area contributed by atoms with E-state index in [2.05, 4.69) is 13.8 Å². The first-order chi connectivity index (χ1) is 14.4. The van der Waals surface area contributed by atoms with Crippen LogP contribution in [0, 0.1) is 17.3 Å². The van der Waals surface area contributed by atoms with Crippen LogP contribution in [0.5, 0.6) is 0 Å². The number of carbonyl (C=O) groups is 2. The molecule has 2 aliphatic carbocycles. The molecule has 5 rings (SSSR count). The van der Waals surface area contributed by atoms with Gasteiger partial charge in [0, 0.05) is 5.92 Å². The summed E-state index contributed by atoms with van der Waals surface area (Å²) < 4.78 is 11.2. The van der Waals surface area contributed by atoms with Crippen LogP contribution in [0.15, 0.2) is 34.0 Å². The molecular formula is C24H33N2O4+. The van der Waals surface area contributed by atoms with E-state index >= 15 is 0 Å². The average Bonchev–Trinajstić information content (AvgIpc) is 3.35. The number of quaternary nitrogens is 1. The summed E-state index contributed by atoms with van der Waals surface area (Å²) in [7, 11) is 0.